The van der Waals surface area contributed by atoms with Crippen molar-refractivity contribution in [2.24, 2.45) is 0 Å². The van der Waals surface area contributed by atoms with Crippen LogP contribution in [-0.4, -0.2) is 11.3 Å². The van der Waals surface area contributed by atoms with E-state index in [1.54, 1.807) is 0 Å². The van der Waals surface area contributed by atoms with Gasteiger partial charge in [0.1, 0.15) is 0 Å². The van der Waals surface area contributed by atoms with Crippen molar-refractivity contribution in [1.29, 1.82) is 5.26 Å². The predicted molar refractivity (Wildman–Crippen MR) is 52.3 cm³/mol. The lowest BCUT2D eigenvalue weighted by Gasteiger charge is -2.11. The van der Waals surface area contributed by atoms with E-state index in [-0.39, 0.29) is 16.6 Å². The van der Waals surface area contributed by atoms with Gasteiger partial charge in [-0.25, -0.2) is 4.98 Å². The molecule has 0 aliphatic rings. The molecule has 0 saturated carbocycles. The normalized spacial score (nSPS) is 10.9. The Bertz CT molecular complexity index is 441. The third kappa shape index (κ3) is 3.27. The molecular weight excluding hydrogens is 291 g/mol. The number of nitrogens with two attached hydrogens (primary N) is 1. The van der Waals surface area contributed by atoms with Crippen molar-refractivity contribution < 1.29 is 17.9 Å². The molecule has 2 N–H and O–H groups in total. The summed E-state index contributed by atoms with van der Waals surface area (Å²) in [4.78, 5) is 3.63. The summed E-state index contributed by atoms with van der Waals surface area (Å²) in [6, 6.07) is 2.84. The second kappa shape index (κ2) is 4.57. The fourth-order valence-corrected chi connectivity index (χ4v) is 1.37. The fraction of sp³-hybridized carbons (Fsp3) is 0.250. The van der Waals surface area contributed by atoms with Gasteiger partial charge < -0.3 is 10.5 Å². The second-order valence-electron chi connectivity index (χ2n) is 2.68. The Kier molecular flexibility index (Phi) is 3.59. The largest absolute Gasteiger partial charge is 0.573 e. The van der Waals surface area contributed by atoms with Gasteiger partial charge in [-0.1, -0.05) is 0 Å². The van der Waals surface area contributed by atoms with E-state index in [4.69, 9.17) is 11.0 Å². The third-order valence-electron chi connectivity index (χ3n) is 1.51. The van der Waals surface area contributed by atoms with E-state index < -0.39 is 17.9 Å². The van der Waals surface area contributed by atoms with Crippen molar-refractivity contribution in [3.05, 3.63) is 16.2 Å². The van der Waals surface area contributed by atoms with Crippen LogP contribution in [0.1, 0.15) is 5.69 Å². The molecular formula is C8H5BrF3N3O. The first kappa shape index (κ1) is 12.6. The molecule has 0 aromatic carbocycles. The molecule has 1 heterocycles. The summed E-state index contributed by atoms with van der Waals surface area (Å²) in [5.41, 5.74) is 5.52. The molecule has 1 aromatic heterocycles. The number of nitrogens with zero attached hydrogens (tertiary/aromatic N) is 2. The summed E-state index contributed by atoms with van der Waals surface area (Å²) < 4.78 is 39.7. The number of pyridine rings is 1. The number of ether oxygens (including phenoxy) is 1. The van der Waals surface area contributed by atoms with Gasteiger partial charge in [-0.05, 0) is 15.9 Å². The minimum absolute atomic E-state index is 0.0585. The number of hydrogen-bond donors (Lipinski definition) is 1. The Morgan fingerprint density at radius 1 is 1.56 bits per heavy atom. The van der Waals surface area contributed by atoms with Crippen LogP contribution in [0.25, 0.3) is 0 Å². The van der Waals surface area contributed by atoms with Crippen molar-refractivity contribution in [2.45, 2.75) is 12.8 Å². The van der Waals surface area contributed by atoms with Gasteiger partial charge in [-0.15, -0.1) is 13.2 Å². The molecule has 0 aliphatic heterocycles. The van der Waals surface area contributed by atoms with E-state index in [1.807, 2.05) is 6.07 Å². The number of aromatic nitrogens is 1. The summed E-state index contributed by atoms with van der Waals surface area (Å²) >= 11 is 2.97. The Labute approximate surface area is 97.0 Å². The lowest BCUT2D eigenvalue weighted by atomic mass is 10.3. The van der Waals surface area contributed by atoms with Gasteiger partial charge >= 0.3 is 6.36 Å². The molecule has 86 valence electrons. The molecule has 0 aliphatic carbocycles. The van der Waals surface area contributed by atoms with Crippen LogP contribution in [-0.2, 0) is 6.42 Å². The highest BCUT2D eigenvalue weighted by Crippen LogP contribution is 2.31. The number of nitriles is 1. The topological polar surface area (TPSA) is 71.9 Å². The maximum atomic E-state index is 11.9. The van der Waals surface area contributed by atoms with E-state index >= 15 is 0 Å². The van der Waals surface area contributed by atoms with E-state index in [0.717, 1.165) is 6.07 Å². The van der Waals surface area contributed by atoms with Gasteiger partial charge in [-0.3, -0.25) is 0 Å². The predicted octanol–water partition coefficient (Wildman–Crippen LogP) is 2.39. The molecule has 0 spiro atoms. The number of rotatable bonds is 2. The minimum Gasteiger partial charge on any atom is -0.402 e. The molecule has 8 heteroatoms. The number of halogens is 4. The number of hydrogen-bond acceptors (Lipinski definition) is 4. The van der Waals surface area contributed by atoms with Crippen molar-refractivity contribution >= 4 is 21.7 Å². The summed E-state index contributed by atoms with van der Waals surface area (Å²) in [6.07, 6.45) is -4.89. The van der Waals surface area contributed by atoms with Crippen LogP contribution in [0.2, 0.25) is 0 Å². The monoisotopic (exact) mass is 295 g/mol. The highest BCUT2D eigenvalue weighted by atomic mass is 79.9. The van der Waals surface area contributed by atoms with Crippen LogP contribution in [0.4, 0.5) is 19.0 Å². The van der Waals surface area contributed by atoms with Crippen LogP contribution in [0, 0.1) is 11.3 Å². The molecule has 0 fully saturated rings. The molecule has 0 radical (unpaired) electrons. The van der Waals surface area contributed by atoms with E-state index in [0.29, 0.717) is 0 Å². The highest BCUT2D eigenvalue weighted by Gasteiger charge is 2.32. The van der Waals surface area contributed by atoms with E-state index in [1.165, 1.54) is 0 Å². The van der Waals surface area contributed by atoms with Crippen LogP contribution >= 0.6 is 15.9 Å². The Morgan fingerprint density at radius 2 is 2.19 bits per heavy atom. The summed E-state index contributed by atoms with van der Waals surface area (Å²) in [5.74, 6) is -1.01. The summed E-state index contributed by atoms with van der Waals surface area (Å²) in [6.45, 7) is 0. The van der Waals surface area contributed by atoms with Crippen molar-refractivity contribution in [3.63, 3.8) is 0 Å². The van der Waals surface area contributed by atoms with Crippen molar-refractivity contribution in [2.75, 3.05) is 5.73 Å². The Balaban J connectivity index is 3.07. The lowest BCUT2D eigenvalue weighted by molar-refractivity contribution is -0.274. The number of anilines is 1. The van der Waals surface area contributed by atoms with Crippen molar-refractivity contribution in [3.8, 4) is 11.8 Å². The van der Waals surface area contributed by atoms with Gasteiger partial charge in [0.15, 0.2) is 11.6 Å². The molecule has 0 bridgehead atoms. The van der Waals surface area contributed by atoms with Crippen LogP contribution in [0.5, 0.6) is 5.75 Å². The average molecular weight is 296 g/mol. The number of alkyl halides is 3. The summed E-state index contributed by atoms with van der Waals surface area (Å²) in [5, 5.41) is 8.43. The minimum atomic E-state index is -4.83. The molecule has 0 atom stereocenters. The first-order chi connectivity index (χ1) is 7.33. The van der Waals surface area contributed by atoms with Gasteiger partial charge in [-0.2, -0.15) is 5.26 Å². The second-order valence-corrected chi connectivity index (χ2v) is 3.54. The maximum Gasteiger partial charge on any atom is 0.573 e. The third-order valence-corrected chi connectivity index (χ3v) is 2.20. The molecule has 1 rings (SSSR count). The molecule has 0 unspecified atom stereocenters. The fourth-order valence-electron chi connectivity index (χ4n) is 0.932. The van der Waals surface area contributed by atoms with Crippen LogP contribution < -0.4 is 10.5 Å². The van der Waals surface area contributed by atoms with Gasteiger partial charge in [0.05, 0.1) is 18.2 Å². The smallest absolute Gasteiger partial charge is 0.402 e. The maximum absolute atomic E-state index is 11.9. The Morgan fingerprint density at radius 3 is 2.69 bits per heavy atom. The Hall–Kier alpha value is -1.49. The summed E-state index contributed by atoms with van der Waals surface area (Å²) in [7, 11) is 0. The zero-order valence-corrected chi connectivity index (χ0v) is 9.26. The van der Waals surface area contributed by atoms with Crippen LogP contribution in [0.15, 0.2) is 10.5 Å². The van der Waals surface area contributed by atoms with Gasteiger partial charge in [0.2, 0.25) is 0 Å². The lowest BCUT2D eigenvalue weighted by Crippen LogP contribution is -2.18. The van der Waals surface area contributed by atoms with Gasteiger partial charge in [0, 0.05) is 10.5 Å². The molecule has 16 heavy (non-hydrogen) atoms. The van der Waals surface area contributed by atoms with E-state index in [9.17, 15) is 13.2 Å². The van der Waals surface area contributed by atoms with E-state index in [2.05, 4.69) is 25.7 Å². The van der Waals surface area contributed by atoms with Gasteiger partial charge in [0.25, 0.3) is 0 Å². The zero-order chi connectivity index (χ0) is 12.3. The average Bonchev–Trinajstić information content (AvgIpc) is 2.11. The SMILES string of the molecule is N#CCc1nc(N)c(OC(F)(F)F)cc1Br. The number of nitrogen functional groups attached to an aromatic ring is 1. The molecule has 1 aromatic rings. The first-order valence-corrected chi connectivity index (χ1v) is 4.70. The molecule has 0 saturated heterocycles. The standard InChI is InChI=1S/C8H5BrF3N3O/c9-4-3-6(16-8(10,11)12)7(14)15-5(4)1-2-13/h3H,1H2,(H2,14,15). The highest BCUT2D eigenvalue weighted by molar-refractivity contribution is 9.10. The van der Waals surface area contributed by atoms with Crippen LogP contribution in [0.3, 0.4) is 0 Å². The molecule has 0 amide bonds. The first-order valence-electron chi connectivity index (χ1n) is 3.91. The zero-order valence-electron chi connectivity index (χ0n) is 7.68. The molecule has 4 nitrogen and oxygen atoms in total. The van der Waals surface area contributed by atoms with Crippen molar-refractivity contribution in [1.82, 2.24) is 4.98 Å². The quantitative estimate of drug-likeness (QED) is 0.909.